The van der Waals surface area contributed by atoms with Crippen molar-refractivity contribution in [2.75, 3.05) is 26.4 Å². The second-order valence-electron chi connectivity index (χ2n) is 27.2. The summed E-state index contributed by atoms with van der Waals surface area (Å²) in [5.74, 6) is -0.645. The molecule has 84 heavy (non-hydrogen) atoms. The fourth-order valence-corrected chi connectivity index (χ4v) is 17.1. The van der Waals surface area contributed by atoms with E-state index in [4.69, 9.17) is 47.4 Å². The highest BCUT2D eigenvalue weighted by Crippen LogP contribution is 2.75. The third kappa shape index (κ3) is 10.8. The van der Waals surface area contributed by atoms with Gasteiger partial charge >= 0.3 is 5.97 Å². The highest BCUT2D eigenvalue weighted by Gasteiger charge is 2.70. The van der Waals surface area contributed by atoms with Gasteiger partial charge in [-0.1, -0.05) is 58.4 Å². The van der Waals surface area contributed by atoms with Crippen molar-refractivity contribution in [3.63, 3.8) is 0 Å². The van der Waals surface area contributed by atoms with Crippen molar-refractivity contribution in [1.82, 2.24) is 0 Å². The van der Waals surface area contributed by atoms with Gasteiger partial charge in [0.1, 0.15) is 110 Å². The van der Waals surface area contributed by atoms with E-state index in [1.165, 1.54) is 6.92 Å². The standard InChI is InChI=1S/C58H92O26/c1-23-10-15-58(53(74)84-51-44(72)40(68)37(65)30(80-51)22-76-48-45(73)41(69)46(29(20-60)79-48)82-49-42(70)38(66)34(62)24(2)77-49)17-16-56(6)25(26(58)18-23)8-9-32-55(5)13-12-33(54(3,4)31(55)11-14-57(32,56)7)81-52-47(35(63)27(61)21-75-52)83-50-43(71)39(67)36(64)28(19-59)78-50/h8,24,26-52,59-73H,1,9-22H2,2-7H3/t24-,26-,27-,28-,29+,30-,31-,32-,33-,34+,35-,36+,37+,38+,39+,40+,41-,42-,43-,44-,45+,46+,47-,48+,49+,50+,51+,52+,55+,56+,57+,58-/m1/s1. The van der Waals surface area contributed by atoms with Crippen LogP contribution in [0, 0.1) is 44.8 Å². The maximum Gasteiger partial charge on any atom is 0.315 e. The quantitative estimate of drug-likeness (QED) is 0.0496. The molecule has 9 fully saturated rings. The number of hydrogen-bond acceptors (Lipinski definition) is 26. The highest BCUT2D eigenvalue weighted by molar-refractivity contribution is 5.79. The molecule has 5 aliphatic heterocycles. The molecule has 15 N–H and O–H groups in total. The molecule has 26 heteroatoms. The molecule has 0 aromatic carbocycles. The largest absolute Gasteiger partial charge is 0.432 e. The van der Waals surface area contributed by atoms with E-state index >= 15 is 4.79 Å². The van der Waals surface area contributed by atoms with Gasteiger partial charge in [0.15, 0.2) is 25.2 Å². The minimum absolute atomic E-state index is 0.132. The number of carbonyl (C=O) groups excluding carboxylic acids is 1. The Morgan fingerprint density at radius 2 is 1.19 bits per heavy atom. The van der Waals surface area contributed by atoms with Crippen LogP contribution in [0.3, 0.4) is 0 Å². The Balaban J connectivity index is 0.815. The zero-order valence-electron chi connectivity index (χ0n) is 48.5. The molecule has 4 saturated carbocycles. The topological polar surface area (TPSA) is 413 Å². The molecule has 5 heterocycles. The average Bonchev–Trinajstić information content (AvgIpc) is 0.746. The lowest BCUT2D eigenvalue weighted by Crippen LogP contribution is -2.66. The fourth-order valence-electron chi connectivity index (χ4n) is 17.1. The molecule has 0 bridgehead atoms. The number of esters is 1. The Kier molecular flexibility index (Phi) is 18.8. The van der Waals surface area contributed by atoms with Crippen molar-refractivity contribution in [2.45, 2.75) is 259 Å². The minimum atomic E-state index is -1.90. The van der Waals surface area contributed by atoms with E-state index in [2.05, 4.69) is 47.3 Å². The van der Waals surface area contributed by atoms with Crippen molar-refractivity contribution >= 4 is 5.97 Å². The molecular formula is C58H92O26. The summed E-state index contributed by atoms with van der Waals surface area (Å²) in [5.41, 5.74) is -0.246. The van der Waals surface area contributed by atoms with Gasteiger partial charge in [-0.3, -0.25) is 4.79 Å². The predicted molar refractivity (Wildman–Crippen MR) is 283 cm³/mol. The maximum absolute atomic E-state index is 15.1. The van der Waals surface area contributed by atoms with Crippen LogP contribution in [0.15, 0.2) is 23.8 Å². The predicted octanol–water partition coefficient (Wildman–Crippen LogP) is -3.01. The first-order valence-corrected chi connectivity index (χ1v) is 30.0. The Morgan fingerprint density at radius 1 is 0.595 bits per heavy atom. The Bertz CT molecular complexity index is 2360. The second-order valence-corrected chi connectivity index (χ2v) is 27.2. The summed E-state index contributed by atoms with van der Waals surface area (Å²) in [7, 11) is 0. The van der Waals surface area contributed by atoms with Crippen molar-refractivity contribution in [3.05, 3.63) is 23.8 Å². The zero-order valence-corrected chi connectivity index (χ0v) is 48.5. The van der Waals surface area contributed by atoms with Crippen LogP contribution in [-0.4, -0.2) is 263 Å². The van der Waals surface area contributed by atoms with Crippen LogP contribution in [0.4, 0.5) is 0 Å². The van der Waals surface area contributed by atoms with E-state index < -0.39 is 190 Å². The summed E-state index contributed by atoms with van der Waals surface area (Å²) in [5, 5.41) is 160. The molecule has 5 saturated heterocycles. The van der Waals surface area contributed by atoms with Crippen LogP contribution in [0.25, 0.3) is 0 Å². The van der Waals surface area contributed by atoms with Gasteiger partial charge in [0.05, 0.1) is 44.1 Å². The molecule has 0 aromatic heterocycles. The number of rotatable bonds is 13. The van der Waals surface area contributed by atoms with E-state index in [1.54, 1.807) is 0 Å². The molecule has 0 spiro atoms. The molecule has 5 aliphatic carbocycles. The number of allylic oxidation sites excluding steroid dienone is 3. The van der Waals surface area contributed by atoms with E-state index in [0.29, 0.717) is 38.5 Å². The summed E-state index contributed by atoms with van der Waals surface area (Å²) >= 11 is 0. The molecule has 0 amide bonds. The van der Waals surface area contributed by atoms with Crippen molar-refractivity contribution in [1.29, 1.82) is 0 Å². The van der Waals surface area contributed by atoms with Gasteiger partial charge in [-0.15, -0.1) is 0 Å². The molecule has 10 aliphatic rings. The van der Waals surface area contributed by atoms with Gasteiger partial charge in [-0.25, -0.2) is 0 Å². The first kappa shape index (κ1) is 65.0. The van der Waals surface area contributed by atoms with E-state index in [-0.39, 0.29) is 40.6 Å². The van der Waals surface area contributed by atoms with Crippen LogP contribution < -0.4 is 0 Å². The zero-order chi connectivity index (χ0) is 61.1. The number of aliphatic hydroxyl groups excluding tert-OH is 15. The van der Waals surface area contributed by atoms with Crippen LogP contribution in [0.1, 0.15) is 106 Å². The van der Waals surface area contributed by atoms with E-state index in [0.717, 1.165) is 36.8 Å². The lowest BCUT2D eigenvalue weighted by molar-refractivity contribution is -0.367. The third-order valence-corrected chi connectivity index (χ3v) is 22.5. The lowest BCUT2D eigenvalue weighted by Gasteiger charge is -2.71. The number of fused-ring (bicyclic) bond motifs is 7. The normalized spacial score (nSPS) is 54.0. The number of hydrogen-bond donors (Lipinski definition) is 15. The number of aliphatic hydroxyl groups is 15. The van der Waals surface area contributed by atoms with Gasteiger partial charge in [0.25, 0.3) is 0 Å². The fraction of sp³-hybridized carbons (Fsp3) is 0.914. The van der Waals surface area contributed by atoms with Gasteiger partial charge < -0.3 is 124 Å². The molecule has 32 atom stereocenters. The number of carbonyl (C=O) groups is 1. The highest BCUT2D eigenvalue weighted by atomic mass is 16.8. The molecule has 0 radical (unpaired) electrons. The third-order valence-electron chi connectivity index (χ3n) is 22.5. The molecular weight excluding hydrogens is 1110 g/mol. The van der Waals surface area contributed by atoms with Crippen LogP contribution >= 0.6 is 0 Å². The van der Waals surface area contributed by atoms with Gasteiger partial charge in [-0.2, -0.15) is 0 Å². The summed E-state index contributed by atoms with van der Waals surface area (Å²) in [6.45, 7) is 14.8. The summed E-state index contributed by atoms with van der Waals surface area (Å²) in [4.78, 5) is 15.1. The first-order valence-electron chi connectivity index (χ1n) is 30.0. The maximum atomic E-state index is 15.1. The Morgan fingerprint density at radius 3 is 1.87 bits per heavy atom. The summed E-state index contributed by atoms with van der Waals surface area (Å²) in [6, 6.07) is 0. The molecule has 0 aromatic rings. The molecule has 480 valence electrons. The van der Waals surface area contributed by atoms with Gasteiger partial charge in [-0.05, 0) is 105 Å². The second kappa shape index (κ2) is 24.3. The molecule has 26 nitrogen and oxygen atoms in total. The van der Waals surface area contributed by atoms with Gasteiger partial charge in [0, 0.05) is 5.92 Å². The van der Waals surface area contributed by atoms with Crippen molar-refractivity contribution in [3.8, 4) is 0 Å². The van der Waals surface area contributed by atoms with Crippen LogP contribution in [0.2, 0.25) is 0 Å². The minimum Gasteiger partial charge on any atom is -0.432 e. The molecule has 0 unspecified atom stereocenters. The Hall–Kier alpha value is -2.01. The van der Waals surface area contributed by atoms with Crippen LogP contribution in [-0.2, 0) is 52.2 Å². The summed E-state index contributed by atoms with van der Waals surface area (Å²) < 4.78 is 59.2. The van der Waals surface area contributed by atoms with E-state index in [1.807, 2.05) is 0 Å². The smallest absolute Gasteiger partial charge is 0.315 e. The SMILES string of the molecule is C=C1CC[C@@]2(C(=O)O[C@@H]3O[C@H](CO[C@H]4O[C@@H](CO)[C@H](O[C@@H]5O[C@H](C)[C@H](O)[C@H](O)[C@H]5O)[C@H](O)[C@@H]4O)[C@H](O)[C@H](O)[C@H]3O)CC[C@@]3(C)C(=CC[C@@H]4[C@@]5(C)CC[C@@H](O[C@@H]6OC[C@@H](O)[C@@H](O)[C@H]6O[C@@H]6O[C@H](CO)[C@H](O)[C@H](O)[C@H]6O)C(C)(C)[C@H]5CC[C@@]43C)[C@H]2C1. The number of ether oxygens (including phenoxy) is 10. The first-order chi connectivity index (χ1) is 39.5. The Labute approximate surface area is 487 Å². The van der Waals surface area contributed by atoms with Crippen LogP contribution in [0.5, 0.6) is 0 Å². The average molecular weight is 1210 g/mol. The monoisotopic (exact) mass is 1200 g/mol. The molecule has 10 rings (SSSR count). The van der Waals surface area contributed by atoms with Crippen molar-refractivity contribution in [2.24, 2.45) is 44.8 Å². The lowest BCUT2D eigenvalue weighted by atomic mass is 9.34. The van der Waals surface area contributed by atoms with Gasteiger partial charge in [0.2, 0.25) is 6.29 Å². The van der Waals surface area contributed by atoms with E-state index in [9.17, 15) is 76.6 Å². The van der Waals surface area contributed by atoms with Crippen molar-refractivity contribution < 1.29 is 129 Å². The summed E-state index contributed by atoms with van der Waals surface area (Å²) in [6.07, 6.45) is -30.2.